The van der Waals surface area contributed by atoms with E-state index < -0.39 is 17.5 Å². The van der Waals surface area contributed by atoms with E-state index in [1.54, 1.807) is 6.92 Å². The third-order valence-corrected chi connectivity index (χ3v) is 0.302. The standard InChI is InChI=1S/C3H6O2.Cl3Ge/c1-2-3(4)5;1-4(2)3/h2H2,1H3,(H,4,5);. The molecule has 0 aromatic carbocycles. The Bertz CT molecular complexity index is 74.7. The number of carboxylic acid groups (broad SMARTS) is 1. The van der Waals surface area contributed by atoms with Crippen LogP contribution in [-0.4, -0.2) is 22.6 Å². The van der Waals surface area contributed by atoms with Crippen LogP contribution >= 0.6 is 30.0 Å². The minimum atomic E-state index is -1.92. The summed E-state index contributed by atoms with van der Waals surface area (Å²) in [6, 6.07) is 0. The zero-order valence-corrected chi connectivity index (χ0v) is 9.06. The molecule has 0 spiro atoms. The molecular weight excluding hydrogens is 247 g/mol. The van der Waals surface area contributed by atoms with Crippen molar-refractivity contribution in [1.29, 1.82) is 0 Å². The van der Waals surface area contributed by atoms with E-state index in [1.807, 2.05) is 0 Å². The van der Waals surface area contributed by atoms with Gasteiger partial charge in [0.1, 0.15) is 0 Å². The first kappa shape index (κ1) is 12.5. The molecule has 6 heteroatoms. The topological polar surface area (TPSA) is 37.3 Å². The summed E-state index contributed by atoms with van der Waals surface area (Å²) >= 11 is -1.92. The van der Waals surface area contributed by atoms with Gasteiger partial charge in [-0.15, -0.1) is 0 Å². The molecule has 55 valence electrons. The fourth-order valence-electron chi connectivity index (χ4n) is 0. The molecule has 2 nitrogen and oxygen atoms in total. The van der Waals surface area contributed by atoms with Gasteiger partial charge in [0.15, 0.2) is 0 Å². The summed E-state index contributed by atoms with van der Waals surface area (Å²) in [7, 11) is 14.9. The van der Waals surface area contributed by atoms with Gasteiger partial charge in [-0.25, -0.2) is 0 Å². The average Bonchev–Trinajstić information content (AvgIpc) is 1.65. The van der Waals surface area contributed by atoms with Crippen LogP contribution in [0.1, 0.15) is 13.3 Å². The van der Waals surface area contributed by atoms with Crippen LogP contribution < -0.4 is 0 Å². The Hall–Kier alpha value is 0.883. The third-order valence-electron chi connectivity index (χ3n) is 0.302. The van der Waals surface area contributed by atoms with Crippen molar-refractivity contribution in [3.05, 3.63) is 0 Å². The minimum absolute atomic E-state index is 0.222. The molecular formula is C3H6Cl3GeO2. The summed E-state index contributed by atoms with van der Waals surface area (Å²) in [6.45, 7) is 1.60. The quantitative estimate of drug-likeness (QED) is 0.727. The Morgan fingerprint density at radius 2 is 1.67 bits per heavy atom. The summed E-state index contributed by atoms with van der Waals surface area (Å²) in [5.41, 5.74) is 0. The second-order valence-electron chi connectivity index (χ2n) is 0.962. The molecule has 0 saturated carbocycles. The SMILES string of the molecule is CCC(=O)O.[Cl][Ge]([Cl])[Cl]. The monoisotopic (exact) mass is 253 g/mol. The normalized spacial score (nSPS) is 8.11. The molecule has 0 amide bonds. The Balaban J connectivity index is 0. The van der Waals surface area contributed by atoms with Crippen LogP contribution in [0.25, 0.3) is 0 Å². The fraction of sp³-hybridized carbons (Fsp3) is 0.667. The second-order valence-corrected chi connectivity index (χ2v) is 10.8. The molecule has 0 bridgehead atoms. The third kappa shape index (κ3) is 50.6. The molecule has 0 aromatic heterocycles. The van der Waals surface area contributed by atoms with Crippen molar-refractivity contribution in [2.75, 3.05) is 0 Å². The molecule has 0 atom stereocenters. The van der Waals surface area contributed by atoms with E-state index in [-0.39, 0.29) is 6.42 Å². The average molecular weight is 253 g/mol. The molecule has 0 aliphatic rings. The number of rotatable bonds is 1. The van der Waals surface area contributed by atoms with Crippen LogP contribution in [0.3, 0.4) is 0 Å². The molecule has 0 fully saturated rings. The number of aliphatic carboxylic acids is 1. The predicted molar refractivity (Wildman–Crippen MR) is 41.2 cm³/mol. The summed E-state index contributed by atoms with van der Waals surface area (Å²) in [5, 5.41) is 7.72. The van der Waals surface area contributed by atoms with Gasteiger partial charge < -0.3 is 5.11 Å². The van der Waals surface area contributed by atoms with E-state index in [0.717, 1.165) is 0 Å². The van der Waals surface area contributed by atoms with Crippen molar-refractivity contribution in [2.24, 2.45) is 0 Å². The zero-order valence-electron chi connectivity index (χ0n) is 4.70. The first-order chi connectivity index (χ1) is 4.00. The van der Waals surface area contributed by atoms with E-state index in [2.05, 4.69) is 0 Å². The van der Waals surface area contributed by atoms with Crippen LogP contribution in [0.15, 0.2) is 0 Å². The van der Waals surface area contributed by atoms with Crippen LogP contribution in [0.4, 0.5) is 0 Å². The van der Waals surface area contributed by atoms with Gasteiger partial charge in [0.05, 0.1) is 0 Å². The van der Waals surface area contributed by atoms with Gasteiger partial charge in [-0.2, -0.15) is 0 Å². The second kappa shape index (κ2) is 8.88. The Labute approximate surface area is 70.8 Å². The Morgan fingerprint density at radius 1 is 1.56 bits per heavy atom. The molecule has 0 heterocycles. The van der Waals surface area contributed by atoms with E-state index in [4.69, 9.17) is 35.1 Å². The van der Waals surface area contributed by atoms with Gasteiger partial charge in [0, 0.05) is 6.42 Å². The number of hydrogen-bond acceptors (Lipinski definition) is 1. The molecule has 0 aliphatic carbocycles. The molecule has 0 saturated heterocycles. The van der Waals surface area contributed by atoms with Crippen LogP contribution in [0.2, 0.25) is 0 Å². The number of carbonyl (C=O) groups is 1. The molecule has 0 unspecified atom stereocenters. The molecule has 9 heavy (non-hydrogen) atoms. The Morgan fingerprint density at radius 3 is 1.67 bits per heavy atom. The van der Waals surface area contributed by atoms with Crippen molar-refractivity contribution < 1.29 is 9.90 Å². The Kier molecular flexibility index (Phi) is 12.4. The van der Waals surface area contributed by atoms with Crippen molar-refractivity contribution >= 4 is 47.6 Å². The summed E-state index contributed by atoms with van der Waals surface area (Å²) < 4.78 is 0. The summed E-state index contributed by atoms with van der Waals surface area (Å²) in [4.78, 5) is 9.37. The van der Waals surface area contributed by atoms with Gasteiger partial charge in [-0.05, 0) is 0 Å². The van der Waals surface area contributed by atoms with Crippen molar-refractivity contribution in [2.45, 2.75) is 13.3 Å². The molecule has 1 N–H and O–H groups in total. The maximum atomic E-state index is 9.37. The van der Waals surface area contributed by atoms with Crippen molar-refractivity contribution in [3.63, 3.8) is 0 Å². The van der Waals surface area contributed by atoms with E-state index in [1.165, 1.54) is 0 Å². The van der Waals surface area contributed by atoms with Crippen LogP contribution in [-0.2, 0) is 4.79 Å². The summed E-state index contributed by atoms with van der Waals surface area (Å²) in [6.07, 6.45) is 0.222. The molecule has 1 radical (unpaired) electrons. The van der Waals surface area contributed by atoms with Gasteiger partial charge in [0.2, 0.25) is 0 Å². The van der Waals surface area contributed by atoms with Crippen molar-refractivity contribution in [1.82, 2.24) is 0 Å². The van der Waals surface area contributed by atoms with Crippen LogP contribution in [0.5, 0.6) is 0 Å². The number of carboxylic acids is 1. The molecule has 0 aromatic rings. The fourth-order valence-corrected chi connectivity index (χ4v) is 0. The van der Waals surface area contributed by atoms with Gasteiger partial charge in [0.25, 0.3) is 0 Å². The van der Waals surface area contributed by atoms with Crippen LogP contribution in [0, 0.1) is 0 Å². The summed E-state index contributed by atoms with van der Waals surface area (Å²) in [5.74, 6) is -0.745. The maximum absolute atomic E-state index is 9.37. The van der Waals surface area contributed by atoms with E-state index in [0.29, 0.717) is 0 Å². The van der Waals surface area contributed by atoms with E-state index >= 15 is 0 Å². The predicted octanol–water partition coefficient (Wildman–Crippen LogP) is 2.17. The first-order valence-corrected chi connectivity index (χ1v) is 10.3. The molecule has 0 rings (SSSR count). The zero-order chi connectivity index (χ0) is 7.86. The number of hydrogen-bond donors (Lipinski definition) is 1. The first-order valence-electron chi connectivity index (χ1n) is 2.06. The van der Waals surface area contributed by atoms with Gasteiger partial charge in [-0.1, -0.05) is 6.92 Å². The van der Waals surface area contributed by atoms with Gasteiger partial charge >= 0.3 is 47.6 Å². The van der Waals surface area contributed by atoms with E-state index in [9.17, 15) is 4.79 Å². The number of halogens is 3. The molecule has 0 aliphatic heterocycles. The van der Waals surface area contributed by atoms with Crippen molar-refractivity contribution in [3.8, 4) is 0 Å². The van der Waals surface area contributed by atoms with Gasteiger partial charge in [-0.3, -0.25) is 4.79 Å².